The van der Waals surface area contributed by atoms with E-state index in [0.717, 1.165) is 61.2 Å². The SMILES string of the molecule is CN1CCN(c2cccc3c2CN(S(=O)(=O)c2ccc(F)c(F)c2)C3)CC1.Cl. The maximum absolute atomic E-state index is 13.5. The van der Waals surface area contributed by atoms with Gasteiger partial charge in [-0.1, -0.05) is 12.1 Å². The third kappa shape index (κ3) is 3.74. The molecule has 152 valence electrons. The first-order valence-electron chi connectivity index (χ1n) is 8.86. The standard InChI is InChI=1S/C19H21F2N3O2S.ClH/c1-22-7-9-23(10-8-22)19-4-2-3-14-12-24(13-16(14)19)27(25,26)15-5-6-17(20)18(21)11-15;/h2-6,11H,7-10,12-13H2,1H3;1H. The molecule has 0 aromatic heterocycles. The summed E-state index contributed by atoms with van der Waals surface area (Å²) in [5.74, 6) is -2.22. The number of sulfonamides is 1. The van der Waals surface area contributed by atoms with Crippen LogP contribution >= 0.6 is 12.4 Å². The lowest BCUT2D eigenvalue weighted by molar-refractivity contribution is 0.312. The second kappa shape index (κ2) is 7.94. The zero-order valence-electron chi connectivity index (χ0n) is 15.4. The van der Waals surface area contributed by atoms with Crippen molar-refractivity contribution in [3.63, 3.8) is 0 Å². The van der Waals surface area contributed by atoms with E-state index in [1.54, 1.807) is 0 Å². The average molecular weight is 430 g/mol. The first-order valence-corrected chi connectivity index (χ1v) is 10.3. The molecular formula is C19H22ClF2N3O2S. The molecule has 0 unspecified atom stereocenters. The number of rotatable bonds is 3. The van der Waals surface area contributed by atoms with E-state index in [-0.39, 0.29) is 30.4 Å². The van der Waals surface area contributed by atoms with E-state index < -0.39 is 21.7 Å². The van der Waals surface area contributed by atoms with Gasteiger partial charge < -0.3 is 9.80 Å². The normalized spacial score (nSPS) is 18.0. The van der Waals surface area contributed by atoms with Gasteiger partial charge in [-0.15, -0.1) is 12.4 Å². The molecule has 2 aromatic carbocycles. The number of likely N-dealkylation sites (N-methyl/N-ethyl adjacent to an activating group) is 1. The molecule has 0 radical (unpaired) electrons. The zero-order valence-corrected chi connectivity index (χ0v) is 17.1. The highest BCUT2D eigenvalue weighted by molar-refractivity contribution is 7.89. The van der Waals surface area contributed by atoms with Crippen molar-refractivity contribution in [1.29, 1.82) is 0 Å². The molecule has 4 rings (SSSR count). The van der Waals surface area contributed by atoms with Crippen molar-refractivity contribution in [3.8, 4) is 0 Å². The molecule has 0 aliphatic carbocycles. The largest absolute Gasteiger partial charge is 0.369 e. The lowest BCUT2D eigenvalue weighted by atomic mass is 10.1. The zero-order chi connectivity index (χ0) is 19.2. The van der Waals surface area contributed by atoms with Crippen LogP contribution in [0.5, 0.6) is 0 Å². The molecule has 2 heterocycles. The Labute approximate surface area is 170 Å². The van der Waals surface area contributed by atoms with Crippen LogP contribution in [0, 0.1) is 11.6 Å². The number of hydrogen-bond donors (Lipinski definition) is 0. The fourth-order valence-electron chi connectivity index (χ4n) is 3.67. The molecule has 0 saturated carbocycles. The molecule has 2 aromatic rings. The van der Waals surface area contributed by atoms with Gasteiger partial charge in [-0.05, 0) is 42.4 Å². The Bertz CT molecular complexity index is 979. The van der Waals surface area contributed by atoms with Crippen molar-refractivity contribution in [2.75, 3.05) is 38.1 Å². The molecule has 1 fully saturated rings. The summed E-state index contributed by atoms with van der Waals surface area (Å²) >= 11 is 0. The summed E-state index contributed by atoms with van der Waals surface area (Å²) in [6.45, 7) is 4.17. The van der Waals surface area contributed by atoms with E-state index in [2.05, 4.69) is 16.8 Å². The second-order valence-electron chi connectivity index (χ2n) is 7.05. The van der Waals surface area contributed by atoms with Gasteiger partial charge in [0.1, 0.15) is 0 Å². The predicted octanol–water partition coefficient (Wildman–Crippen LogP) is 2.84. The van der Waals surface area contributed by atoms with Crippen molar-refractivity contribution in [2.45, 2.75) is 18.0 Å². The molecule has 0 N–H and O–H groups in total. The summed E-state index contributed by atoms with van der Waals surface area (Å²) in [4.78, 5) is 4.32. The minimum atomic E-state index is -3.90. The summed E-state index contributed by atoms with van der Waals surface area (Å²) < 4.78 is 53.9. The van der Waals surface area contributed by atoms with Gasteiger partial charge in [0.25, 0.3) is 0 Å². The van der Waals surface area contributed by atoms with Crippen LogP contribution in [0.25, 0.3) is 0 Å². The average Bonchev–Trinajstić information content (AvgIpc) is 3.10. The summed E-state index contributed by atoms with van der Waals surface area (Å²) in [7, 11) is -1.82. The fraction of sp³-hybridized carbons (Fsp3) is 0.368. The van der Waals surface area contributed by atoms with Crippen LogP contribution in [-0.4, -0.2) is 50.8 Å². The van der Waals surface area contributed by atoms with E-state index in [1.807, 2.05) is 18.2 Å². The van der Waals surface area contributed by atoms with Crippen molar-refractivity contribution in [2.24, 2.45) is 0 Å². The molecule has 9 heteroatoms. The molecule has 0 bridgehead atoms. The lowest BCUT2D eigenvalue weighted by Crippen LogP contribution is -2.44. The van der Waals surface area contributed by atoms with Crippen LogP contribution in [0.1, 0.15) is 11.1 Å². The molecule has 1 saturated heterocycles. The highest BCUT2D eigenvalue weighted by Crippen LogP contribution is 2.35. The van der Waals surface area contributed by atoms with Crippen molar-refractivity contribution >= 4 is 28.1 Å². The smallest absolute Gasteiger partial charge is 0.243 e. The number of fused-ring (bicyclic) bond motifs is 1. The summed E-state index contributed by atoms with van der Waals surface area (Å²) in [5, 5.41) is 0. The summed E-state index contributed by atoms with van der Waals surface area (Å²) in [6.07, 6.45) is 0. The molecule has 0 amide bonds. The van der Waals surface area contributed by atoms with Crippen LogP contribution < -0.4 is 4.90 Å². The molecule has 28 heavy (non-hydrogen) atoms. The van der Waals surface area contributed by atoms with Gasteiger partial charge in [0.05, 0.1) is 4.90 Å². The summed E-state index contributed by atoms with van der Waals surface area (Å²) in [5.41, 5.74) is 3.01. The Morgan fingerprint density at radius 2 is 1.64 bits per heavy atom. The van der Waals surface area contributed by atoms with Crippen LogP contribution in [0.3, 0.4) is 0 Å². The van der Waals surface area contributed by atoms with E-state index in [0.29, 0.717) is 0 Å². The van der Waals surface area contributed by atoms with Crippen LogP contribution in [-0.2, 0) is 23.1 Å². The van der Waals surface area contributed by atoms with E-state index in [4.69, 9.17) is 0 Å². The molecular weight excluding hydrogens is 408 g/mol. The van der Waals surface area contributed by atoms with Gasteiger partial charge in [0.2, 0.25) is 10.0 Å². The molecule has 5 nitrogen and oxygen atoms in total. The number of nitrogens with zero attached hydrogens (tertiary/aromatic N) is 3. The number of benzene rings is 2. The van der Waals surface area contributed by atoms with E-state index in [9.17, 15) is 17.2 Å². The minimum Gasteiger partial charge on any atom is -0.369 e. The predicted molar refractivity (Wildman–Crippen MR) is 106 cm³/mol. The Hall–Kier alpha value is -1.74. The first kappa shape index (κ1) is 21.0. The van der Waals surface area contributed by atoms with Crippen molar-refractivity contribution in [1.82, 2.24) is 9.21 Å². The second-order valence-corrected chi connectivity index (χ2v) is 8.99. The fourth-order valence-corrected chi connectivity index (χ4v) is 5.07. The molecule has 2 aliphatic heterocycles. The summed E-state index contributed by atoms with van der Waals surface area (Å²) in [6, 6.07) is 8.60. The Morgan fingerprint density at radius 3 is 2.32 bits per heavy atom. The van der Waals surface area contributed by atoms with Gasteiger partial charge in [-0.3, -0.25) is 0 Å². The Balaban J connectivity index is 0.00000225. The Kier molecular flexibility index (Phi) is 5.95. The number of piperazine rings is 1. The van der Waals surface area contributed by atoms with Gasteiger partial charge in [0.15, 0.2) is 11.6 Å². The first-order chi connectivity index (χ1) is 12.9. The van der Waals surface area contributed by atoms with Crippen molar-refractivity contribution in [3.05, 3.63) is 59.2 Å². The van der Waals surface area contributed by atoms with E-state index >= 15 is 0 Å². The quantitative estimate of drug-likeness (QED) is 0.752. The maximum atomic E-state index is 13.5. The lowest BCUT2D eigenvalue weighted by Gasteiger charge is -2.35. The van der Waals surface area contributed by atoms with Crippen LogP contribution in [0.15, 0.2) is 41.3 Å². The molecule has 0 spiro atoms. The van der Waals surface area contributed by atoms with Crippen LogP contribution in [0.2, 0.25) is 0 Å². The monoisotopic (exact) mass is 429 g/mol. The van der Waals surface area contributed by atoms with E-state index in [1.165, 1.54) is 4.31 Å². The van der Waals surface area contributed by atoms with Gasteiger partial charge in [-0.2, -0.15) is 4.31 Å². The van der Waals surface area contributed by atoms with Gasteiger partial charge in [0, 0.05) is 45.0 Å². The third-order valence-corrected chi connectivity index (χ3v) is 7.09. The third-order valence-electron chi connectivity index (χ3n) is 5.30. The molecule has 0 atom stereocenters. The van der Waals surface area contributed by atoms with Crippen molar-refractivity contribution < 1.29 is 17.2 Å². The number of halogens is 3. The van der Waals surface area contributed by atoms with Gasteiger partial charge >= 0.3 is 0 Å². The molecule has 2 aliphatic rings. The van der Waals surface area contributed by atoms with Gasteiger partial charge in [-0.25, -0.2) is 17.2 Å². The minimum absolute atomic E-state index is 0. The maximum Gasteiger partial charge on any atom is 0.243 e. The van der Waals surface area contributed by atoms with Crippen LogP contribution in [0.4, 0.5) is 14.5 Å². The number of hydrogen-bond acceptors (Lipinski definition) is 4. The highest BCUT2D eigenvalue weighted by atomic mass is 35.5. The number of anilines is 1. The topological polar surface area (TPSA) is 43.9 Å². The highest BCUT2D eigenvalue weighted by Gasteiger charge is 2.33. The Morgan fingerprint density at radius 1 is 0.929 bits per heavy atom.